The summed E-state index contributed by atoms with van der Waals surface area (Å²) in [5.74, 6) is 0.239. The zero-order valence-corrected chi connectivity index (χ0v) is 15.0. The Bertz CT molecular complexity index is 843. The van der Waals surface area contributed by atoms with Crippen LogP contribution in [0.2, 0.25) is 0 Å². The van der Waals surface area contributed by atoms with Crippen molar-refractivity contribution in [1.29, 1.82) is 0 Å². The van der Waals surface area contributed by atoms with Crippen LogP contribution >= 0.6 is 0 Å². The van der Waals surface area contributed by atoms with Gasteiger partial charge in [-0.3, -0.25) is 9.48 Å². The molecule has 1 N–H and O–H groups in total. The molecular formula is C19H22N6O. The van der Waals surface area contributed by atoms with Crippen molar-refractivity contribution in [3.63, 3.8) is 0 Å². The lowest BCUT2D eigenvalue weighted by Crippen LogP contribution is -2.25. The Labute approximate surface area is 152 Å². The first-order valence-corrected chi connectivity index (χ1v) is 8.70. The summed E-state index contributed by atoms with van der Waals surface area (Å²) in [7, 11) is 0. The highest BCUT2D eigenvalue weighted by molar-refractivity contribution is 5.95. The maximum atomic E-state index is 12.4. The lowest BCUT2D eigenvalue weighted by Gasteiger charge is -2.08. The molecule has 2 heterocycles. The Hall–Kier alpha value is -3.09. The molecule has 1 amide bonds. The largest absolute Gasteiger partial charge is 0.352 e. The van der Waals surface area contributed by atoms with Crippen molar-refractivity contribution in [3.05, 3.63) is 60.0 Å². The van der Waals surface area contributed by atoms with E-state index in [1.807, 2.05) is 30.3 Å². The van der Waals surface area contributed by atoms with Crippen LogP contribution in [0.25, 0.3) is 11.3 Å². The first-order chi connectivity index (χ1) is 12.6. The number of hydrogen-bond donors (Lipinski definition) is 1. The van der Waals surface area contributed by atoms with E-state index >= 15 is 0 Å². The molecule has 0 fully saturated rings. The van der Waals surface area contributed by atoms with Crippen LogP contribution in [0, 0.1) is 0 Å². The molecule has 0 aliphatic carbocycles. The third kappa shape index (κ3) is 4.50. The number of hydrogen-bond acceptors (Lipinski definition) is 5. The summed E-state index contributed by atoms with van der Waals surface area (Å²) in [5.41, 5.74) is 3.20. The third-order valence-electron chi connectivity index (χ3n) is 4.02. The summed E-state index contributed by atoms with van der Waals surface area (Å²) in [4.78, 5) is 12.4. The summed E-state index contributed by atoms with van der Waals surface area (Å²) in [6, 6.07) is 11.3. The van der Waals surface area contributed by atoms with E-state index in [0.29, 0.717) is 18.0 Å². The van der Waals surface area contributed by atoms with E-state index in [-0.39, 0.29) is 5.91 Å². The van der Waals surface area contributed by atoms with Crippen LogP contribution in [0.15, 0.2) is 48.8 Å². The molecular weight excluding hydrogens is 328 g/mol. The van der Waals surface area contributed by atoms with Crippen LogP contribution in [0.1, 0.15) is 42.2 Å². The van der Waals surface area contributed by atoms with Crippen molar-refractivity contribution in [1.82, 2.24) is 30.5 Å². The molecule has 7 heteroatoms. The number of benzene rings is 1. The molecule has 0 saturated heterocycles. The topological polar surface area (TPSA) is 85.6 Å². The highest BCUT2D eigenvalue weighted by Gasteiger charge is 2.09. The SMILES string of the molecule is CC(C)c1ccc(-c2cccc(C(=O)NCCCn3ccnn3)c2)nn1. The summed E-state index contributed by atoms with van der Waals surface area (Å²) in [6.07, 6.45) is 4.23. The van der Waals surface area contributed by atoms with E-state index in [4.69, 9.17) is 0 Å². The minimum atomic E-state index is -0.0998. The highest BCUT2D eigenvalue weighted by atomic mass is 16.1. The third-order valence-corrected chi connectivity index (χ3v) is 4.02. The average Bonchev–Trinajstić information content (AvgIpc) is 3.19. The standard InChI is InChI=1S/C19H22N6O/c1-14(2)17-7-8-18(23-22-17)15-5-3-6-16(13-15)19(26)20-9-4-11-25-12-10-21-24-25/h3,5-8,10,12-14H,4,9,11H2,1-2H3,(H,20,26). The first-order valence-electron chi connectivity index (χ1n) is 8.70. The van der Waals surface area contributed by atoms with Gasteiger partial charge >= 0.3 is 0 Å². The van der Waals surface area contributed by atoms with Crippen molar-refractivity contribution < 1.29 is 4.79 Å². The van der Waals surface area contributed by atoms with Gasteiger partial charge < -0.3 is 5.32 Å². The quantitative estimate of drug-likeness (QED) is 0.662. The van der Waals surface area contributed by atoms with E-state index in [1.54, 1.807) is 23.1 Å². The average molecular weight is 350 g/mol. The monoisotopic (exact) mass is 350 g/mol. The molecule has 0 spiro atoms. The van der Waals surface area contributed by atoms with Crippen molar-refractivity contribution in [2.75, 3.05) is 6.54 Å². The van der Waals surface area contributed by atoms with Crippen LogP contribution in [0.3, 0.4) is 0 Å². The van der Waals surface area contributed by atoms with Gasteiger partial charge in [0.25, 0.3) is 5.91 Å². The minimum Gasteiger partial charge on any atom is -0.352 e. The number of aryl methyl sites for hydroxylation is 1. The maximum absolute atomic E-state index is 12.4. The molecule has 1 aromatic carbocycles. The summed E-state index contributed by atoms with van der Waals surface area (Å²) in [5, 5.41) is 19.1. The van der Waals surface area contributed by atoms with Crippen LogP contribution in [-0.2, 0) is 6.54 Å². The Morgan fingerprint density at radius 1 is 1.19 bits per heavy atom. The molecule has 0 bridgehead atoms. The predicted molar refractivity (Wildman–Crippen MR) is 98.5 cm³/mol. The lowest BCUT2D eigenvalue weighted by molar-refractivity contribution is 0.0952. The normalized spacial score (nSPS) is 10.9. The van der Waals surface area contributed by atoms with Crippen LogP contribution < -0.4 is 5.32 Å². The number of carbonyl (C=O) groups is 1. The van der Waals surface area contributed by atoms with E-state index in [9.17, 15) is 4.79 Å². The molecule has 2 aromatic heterocycles. The number of rotatable bonds is 7. The van der Waals surface area contributed by atoms with Gasteiger partial charge in [-0.1, -0.05) is 31.2 Å². The fourth-order valence-electron chi connectivity index (χ4n) is 2.52. The zero-order valence-electron chi connectivity index (χ0n) is 15.0. The smallest absolute Gasteiger partial charge is 0.251 e. The number of aromatic nitrogens is 5. The van der Waals surface area contributed by atoms with Crippen LogP contribution in [0.5, 0.6) is 0 Å². The van der Waals surface area contributed by atoms with Gasteiger partial charge in [-0.15, -0.1) is 5.10 Å². The number of nitrogens with one attached hydrogen (secondary N) is 1. The Kier molecular flexibility index (Phi) is 5.68. The molecule has 26 heavy (non-hydrogen) atoms. The van der Waals surface area contributed by atoms with Crippen LogP contribution in [-0.4, -0.2) is 37.6 Å². The number of amides is 1. The molecule has 0 saturated carbocycles. The van der Waals surface area contributed by atoms with Crippen molar-refractivity contribution in [3.8, 4) is 11.3 Å². The van der Waals surface area contributed by atoms with Gasteiger partial charge in [0.15, 0.2) is 0 Å². The van der Waals surface area contributed by atoms with E-state index in [2.05, 4.69) is 39.7 Å². The maximum Gasteiger partial charge on any atom is 0.251 e. The van der Waals surface area contributed by atoms with Gasteiger partial charge in [0.05, 0.1) is 17.6 Å². The summed E-state index contributed by atoms with van der Waals surface area (Å²) < 4.78 is 1.74. The highest BCUT2D eigenvalue weighted by Crippen LogP contribution is 2.19. The van der Waals surface area contributed by atoms with Gasteiger partial charge in [0.1, 0.15) is 0 Å². The van der Waals surface area contributed by atoms with Crippen molar-refractivity contribution in [2.24, 2.45) is 0 Å². The number of nitrogens with zero attached hydrogens (tertiary/aromatic N) is 5. The second-order valence-corrected chi connectivity index (χ2v) is 6.35. The van der Waals surface area contributed by atoms with Gasteiger partial charge in [-0.05, 0) is 36.6 Å². The van der Waals surface area contributed by atoms with E-state index in [0.717, 1.165) is 29.9 Å². The van der Waals surface area contributed by atoms with E-state index < -0.39 is 0 Å². The summed E-state index contributed by atoms with van der Waals surface area (Å²) in [6.45, 7) is 5.46. The number of carbonyl (C=O) groups excluding carboxylic acids is 1. The Balaban J connectivity index is 1.60. The molecule has 3 rings (SSSR count). The summed E-state index contributed by atoms with van der Waals surface area (Å²) >= 11 is 0. The second-order valence-electron chi connectivity index (χ2n) is 6.35. The molecule has 0 aliphatic rings. The van der Waals surface area contributed by atoms with Crippen molar-refractivity contribution >= 4 is 5.91 Å². The van der Waals surface area contributed by atoms with Crippen molar-refractivity contribution in [2.45, 2.75) is 32.7 Å². The predicted octanol–water partition coefficient (Wildman–Crippen LogP) is 2.68. The molecule has 0 unspecified atom stereocenters. The van der Waals surface area contributed by atoms with Gasteiger partial charge in [0.2, 0.25) is 0 Å². The van der Waals surface area contributed by atoms with Gasteiger partial charge in [0, 0.05) is 30.4 Å². The molecule has 7 nitrogen and oxygen atoms in total. The molecule has 134 valence electrons. The Morgan fingerprint density at radius 2 is 2.08 bits per heavy atom. The van der Waals surface area contributed by atoms with Gasteiger partial charge in [-0.2, -0.15) is 10.2 Å². The second kappa shape index (κ2) is 8.33. The zero-order chi connectivity index (χ0) is 18.4. The van der Waals surface area contributed by atoms with Crippen LogP contribution in [0.4, 0.5) is 0 Å². The van der Waals surface area contributed by atoms with E-state index in [1.165, 1.54) is 0 Å². The molecule has 0 aliphatic heterocycles. The first kappa shape index (κ1) is 17.7. The minimum absolute atomic E-state index is 0.0998. The lowest BCUT2D eigenvalue weighted by atomic mass is 10.1. The fraction of sp³-hybridized carbons (Fsp3) is 0.316. The van der Waals surface area contributed by atoms with Gasteiger partial charge in [-0.25, -0.2) is 0 Å². The fourth-order valence-corrected chi connectivity index (χ4v) is 2.52. The molecule has 0 atom stereocenters. The molecule has 3 aromatic rings. The molecule has 0 radical (unpaired) electrons. The Morgan fingerprint density at radius 3 is 2.77 bits per heavy atom.